The van der Waals surface area contributed by atoms with Crippen LogP contribution in [-0.4, -0.2) is 42.5 Å². The van der Waals surface area contributed by atoms with Crippen molar-refractivity contribution in [3.63, 3.8) is 0 Å². The Labute approximate surface area is 268 Å². The Balaban J connectivity index is 1.37. The fourth-order valence-electron chi connectivity index (χ4n) is 5.41. The van der Waals surface area contributed by atoms with Crippen molar-refractivity contribution in [2.24, 2.45) is 0 Å². The van der Waals surface area contributed by atoms with Crippen LogP contribution in [0, 0.1) is 5.82 Å². The highest BCUT2D eigenvalue weighted by Gasteiger charge is 2.32. The number of benzene rings is 4. The Bertz CT molecular complexity index is 1700. The maximum absolute atomic E-state index is 14.0. The molecule has 4 aromatic rings. The number of hydrogen-bond donors (Lipinski definition) is 1. The Morgan fingerprint density at radius 1 is 0.822 bits per heavy atom. The lowest BCUT2D eigenvalue weighted by molar-refractivity contribution is -0.141. The number of hydrogen-bond acceptors (Lipinski definition) is 4. The van der Waals surface area contributed by atoms with E-state index in [4.69, 9.17) is 11.6 Å². The lowest BCUT2D eigenvalue weighted by Crippen LogP contribution is -2.43. The molecule has 10 heteroatoms. The van der Waals surface area contributed by atoms with Crippen LogP contribution in [0.3, 0.4) is 0 Å². The SMILES string of the molecule is O=C(NCc1ccc(Cl)cc1)[C@H](c1ccccc1)N(Cc1ccc(F)cc1)C(=O)CCc1ccc(S(=O)(=O)N2CCCC2)cc1. The molecule has 1 N–H and O–H groups in total. The van der Waals surface area contributed by atoms with Gasteiger partial charge in [0.05, 0.1) is 4.90 Å². The highest BCUT2D eigenvalue weighted by Crippen LogP contribution is 2.26. The molecule has 0 aromatic heterocycles. The van der Waals surface area contributed by atoms with Gasteiger partial charge in [-0.3, -0.25) is 9.59 Å². The van der Waals surface area contributed by atoms with Gasteiger partial charge in [-0.25, -0.2) is 12.8 Å². The fourth-order valence-corrected chi connectivity index (χ4v) is 7.05. The summed E-state index contributed by atoms with van der Waals surface area (Å²) in [6, 6.07) is 27.7. The molecule has 234 valence electrons. The fraction of sp³-hybridized carbons (Fsp3) is 0.257. The van der Waals surface area contributed by atoms with Gasteiger partial charge in [0.1, 0.15) is 11.9 Å². The minimum Gasteiger partial charge on any atom is -0.350 e. The molecule has 1 aliphatic heterocycles. The van der Waals surface area contributed by atoms with E-state index in [0.717, 1.165) is 24.0 Å². The highest BCUT2D eigenvalue weighted by molar-refractivity contribution is 7.89. The second kappa shape index (κ2) is 14.8. The predicted octanol–water partition coefficient (Wildman–Crippen LogP) is 6.28. The average molecular weight is 648 g/mol. The third-order valence-electron chi connectivity index (χ3n) is 7.90. The largest absolute Gasteiger partial charge is 0.350 e. The van der Waals surface area contributed by atoms with Gasteiger partial charge in [-0.05, 0) is 77.9 Å². The molecule has 1 fully saturated rings. The smallest absolute Gasteiger partial charge is 0.247 e. The molecule has 0 saturated carbocycles. The van der Waals surface area contributed by atoms with Crippen molar-refractivity contribution in [3.05, 3.63) is 136 Å². The van der Waals surface area contributed by atoms with Crippen LogP contribution in [0.5, 0.6) is 0 Å². The quantitative estimate of drug-likeness (QED) is 0.196. The van der Waals surface area contributed by atoms with Crippen molar-refractivity contribution >= 4 is 33.4 Å². The summed E-state index contributed by atoms with van der Waals surface area (Å²) in [5.41, 5.74) is 2.96. The minimum atomic E-state index is -3.54. The normalized spacial score (nSPS) is 14.2. The van der Waals surface area contributed by atoms with E-state index in [1.165, 1.54) is 21.3 Å². The third-order valence-corrected chi connectivity index (χ3v) is 10.1. The molecule has 0 radical (unpaired) electrons. The molecule has 7 nitrogen and oxygen atoms in total. The molecule has 45 heavy (non-hydrogen) atoms. The number of nitrogens with zero attached hydrogens (tertiary/aromatic N) is 2. The van der Waals surface area contributed by atoms with Crippen LogP contribution in [0.4, 0.5) is 4.39 Å². The molecular weight excluding hydrogens is 613 g/mol. The van der Waals surface area contributed by atoms with Crippen molar-refractivity contribution in [1.82, 2.24) is 14.5 Å². The van der Waals surface area contributed by atoms with E-state index in [2.05, 4.69) is 5.32 Å². The molecule has 2 amide bonds. The first-order valence-corrected chi connectivity index (χ1v) is 16.7. The summed E-state index contributed by atoms with van der Waals surface area (Å²) >= 11 is 6.01. The van der Waals surface area contributed by atoms with E-state index in [1.54, 1.807) is 60.7 Å². The summed E-state index contributed by atoms with van der Waals surface area (Å²) in [4.78, 5) is 29.6. The van der Waals surface area contributed by atoms with E-state index in [9.17, 15) is 22.4 Å². The van der Waals surface area contributed by atoms with Crippen LogP contribution in [0.2, 0.25) is 5.02 Å². The zero-order valence-corrected chi connectivity index (χ0v) is 26.3. The molecule has 0 bridgehead atoms. The minimum absolute atomic E-state index is 0.0766. The molecular formula is C35H35ClFN3O4S. The summed E-state index contributed by atoms with van der Waals surface area (Å²) in [5, 5.41) is 3.56. The van der Waals surface area contributed by atoms with Crippen LogP contribution >= 0.6 is 11.6 Å². The van der Waals surface area contributed by atoms with Crippen molar-refractivity contribution in [2.45, 2.75) is 49.7 Å². The van der Waals surface area contributed by atoms with Gasteiger partial charge in [0.25, 0.3) is 0 Å². The summed E-state index contributed by atoms with van der Waals surface area (Å²) in [7, 11) is -3.54. The molecule has 0 spiro atoms. The van der Waals surface area contributed by atoms with Gasteiger partial charge in [0.15, 0.2) is 0 Å². The number of rotatable bonds is 12. The van der Waals surface area contributed by atoms with Crippen molar-refractivity contribution in [1.29, 1.82) is 0 Å². The highest BCUT2D eigenvalue weighted by atomic mass is 35.5. The Kier molecular flexibility index (Phi) is 10.7. The van der Waals surface area contributed by atoms with Gasteiger partial charge in [-0.15, -0.1) is 0 Å². The lowest BCUT2D eigenvalue weighted by Gasteiger charge is -2.32. The maximum Gasteiger partial charge on any atom is 0.247 e. The Morgan fingerprint density at radius 2 is 1.42 bits per heavy atom. The molecule has 0 aliphatic carbocycles. The number of aryl methyl sites for hydroxylation is 1. The van der Waals surface area contributed by atoms with Crippen LogP contribution < -0.4 is 5.32 Å². The number of carbonyl (C=O) groups excluding carboxylic acids is 2. The lowest BCUT2D eigenvalue weighted by atomic mass is 10.0. The van der Waals surface area contributed by atoms with Crippen LogP contribution in [-0.2, 0) is 39.1 Å². The first-order valence-electron chi connectivity index (χ1n) is 14.9. The number of carbonyl (C=O) groups is 2. The van der Waals surface area contributed by atoms with Crippen LogP contribution in [0.1, 0.15) is 47.6 Å². The zero-order chi connectivity index (χ0) is 31.8. The van der Waals surface area contributed by atoms with E-state index in [-0.39, 0.29) is 36.2 Å². The summed E-state index contributed by atoms with van der Waals surface area (Å²) in [6.45, 7) is 1.38. The number of halogens is 2. The maximum atomic E-state index is 14.0. The Hall–Kier alpha value is -4.05. The third kappa shape index (κ3) is 8.36. The van der Waals surface area contributed by atoms with Crippen LogP contribution in [0.25, 0.3) is 0 Å². The topological polar surface area (TPSA) is 86.8 Å². The second-order valence-electron chi connectivity index (χ2n) is 11.1. The predicted molar refractivity (Wildman–Crippen MR) is 172 cm³/mol. The van der Waals surface area contributed by atoms with Crippen molar-refractivity contribution < 1.29 is 22.4 Å². The summed E-state index contributed by atoms with van der Waals surface area (Å²) in [5.74, 6) is -1.03. The van der Waals surface area contributed by atoms with E-state index >= 15 is 0 Å². The van der Waals surface area contributed by atoms with Gasteiger partial charge < -0.3 is 10.2 Å². The summed E-state index contributed by atoms with van der Waals surface area (Å²) in [6.07, 6.45) is 2.14. The van der Waals surface area contributed by atoms with Gasteiger partial charge in [-0.2, -0.15) is 4.31 Å². The second-order valence-corrected chi connectivity index (χ2v) is 13.4. The molecule has 1 aliphatic rings. The van der Waals surface area contributed by atoms with Crippen molar-refractivity contribution in [2.75, 3.05) is 13.1 Å². The van der Waals surface area contributed by atoms with E-state index in [1.807, 2.05) is 30.3 Å². The van der Waals surface area contributed by atoms with Crippen LogP contribution in [0.15, 0.2) is 108 Å². The van der Waals surface area contributed by atoms with Gasteiger partial charge in [0, 0.05) is 37.6 Å². The monoisotopic (exact) mass is 647 g/mol. The van der Waals surface area contributed by atoms with E-state index in [0.29, 0.717) is 35.7 Å². The molecule has 4 aromatic carbocycles. The number of sulfonamides is 1. The molecule has 5 rings (SSSR count). The number of nitrogens with one attached hydrogen (secondary N) is 1. The van der Waals surface area contributed by atoms with Gasteiger partial charge in [0.2, 0.25) is 21.8 Å². The zero-order valence-electron chi connectivity index (χ0n) is 24.7. The standard InChI is InChI=1S/C35H35ClFN3O4S/c36-30-15-8-27(9-16-30)24-38-35(42)34(29-6-2-1-3-7-29)40(25-28-10-17-31(37)18-11-28)33(41)21-14-26-12-19-32(20-13-26)45(43,44)39-22-4-5-23-39/h1-3,6-13,15-20,34H,4-5,14,21-25H2,(H,38,42)/t34-/m0/s1. The summed E-state index contributed by atoms with van der Waals surface area (Å²) < 4.78 is 41.1. The van der Waals surface area contributed by atoms with Crippen molar-refractivity contribution in [3.8, 4) is 0 Å². The molecule has 1 heterocycles. The van der Waals surface area contributed by atoms with E-state index < -0.39 is 21.9 Å². The average Bonchev–Trinajstić information content (AvgIpc) is 3.61. The first kappa shape index (κ1) is 32.3. The molecule has 1 atom stereocenters. The van der Waals surface area contributed by atoms with Gasteiger partial charge in [-0.1, -0.05) is 78.3 Å². The molecule has 1 saturated heterocycles. The Morgan fingerprint density at radius 3 is 2.07 bits per heavy atom. The number of amides is 2. The molecule has 0 unspecified atom stereocenters. The van der Waals surface area contributed by atoms with Gasteiger partial charge >= 0.3 is 0 Å². The first-order chi connectivity index (χ1) is 21.7.